The van der Waals surface area contributed by atoms with E-state index in [9.17, 15) is 13.5 Å². The molecule has 0 aliphatic heterocycles. The fourth-order valence-electron chi connectivity index (χ4n) is 1.78. The van der Waals surface area contributed by atoms with Gasteiger partial charge in [0.2, 0.25) is 0 Å². The van der Waals surface area contributed by atoms with Gasteiger partial charge in [0.05, 0.1) is 19.9 Å². The van der Waals surface area contributed by atoms with Crippen LogP contribution >= 0.6 is 0 Å². The molecule has 0 spiro atoms. The molecule has 19 heavy (non-hydrogen) atoms. The van der Waals surface area contributed by atoms with Gasteiger partial charge in [-0.25, -0.2) is 0 Å². The van der Waals surface area contributed by atoms with Crippen LogP contribution in [0, 0.1) is 0 Å². The first-order chi connectivity index (χ1) is 8.93. The summed E-state index contributed by atoms with van der Waals surface area (Å²) >= 11 is 0. The van der Waals surface area contributed by atoms with Crippen molar-refractivity contribution >= 4 is 21.1 Å². The second-order valence-electron chi connectivity index (χ2n) is 4.13. The Bertz CT molecular complexity index is 706. The number of nitrogens with zero attached hydrogens (tertiary/aromatic N) is 3. The molecule has 0 bridgehead atoms. The van der Waals surface area contributed by atoms with E-state index in [2.05, 4.69) is 5.10 Å². The molecule has 0 atom stereocenters. The molecule has 1 heterocycles. The quantitative estimate of drug-likeness (QED) is 0.867. The second kappa shape index (κ2) is 4.80. The number of ether oxygens (including phenoxy) is 1. The Morgan fingerprint density at radius 2 is 2.11 bits per heavy atom. The number of hydrogen-bond acceptors (Lipinski definition) is 5. The van der Waals surface area contributed by atoms with Crippen LogP contribution in [0.25, 0.3) is 10.9 Å². The molecule has 0 radical (unpaired) electrons. The van der Waals surface area contributed by atoms with Gasteiger partial charge in [-0.2, -0.15) is 17.8 Å². The first-order valence-electron chi connectivity index (χ1n) is 5.51. The number of hydrogen-bond donors (Lipinski definition) is 1. The molecule has 2 rings (SSSR count). The van der Waals surface area contributed by atoms with Gasteiger partial charge in [0.15, 0.2) is 5.75 Å². The Labute approximate surface area is 111 Å². The molecular formula is C11H15N3O4S. The fourth-order valence-corrected chi connectivity index (χ4v) is 2.68. The standard InChI is InChI=1S/C11H15N3O4S/c1-13(2)19(16,17)14-10-8(6-12-14)4-5-9(7-15)11(10)18-3/h4-6,15H,7H2,1-3H3. The third kappa shape index (κ3) is 2.07. The molecule has 0 aliphatic rings. The first kappa shape index (κ1) is 13.8. The van der Waals surface area contributed by atoms with Crippen LogP contribution in [-0.4, -0.2) is 48.2 Å². The molecule has 0 amide bonds. The predicted octanol–water partition coefficient (Wildman–Crippen LogP) is 0.192. The van der Waals surface area contributed by atoms with Crippen LogP contribution in [-0.2, 0) is 16.8 Å². The number of fused-ring (bicyclic) bond motifs is 1. The van der Waals surface area contributed by atoms with Crippen molar-refractivity contribution in [3.05, 3.63) is 23.9 Å². The van der Waals surface area contributed by atoms with Crippen molar-refractivity contribution in [1.82, 2.24) is 13.5 Å². The van der Waals surface area contributed by atoms with Crippen molar-refractivity contribution < 1.29 is 18.3 Å². The third-order valence-corrected chi connectivity index (χ3v) is 4.43. The largest absolute Gasteiger partial charge is 0.494 e. The molecule has 0 saturated carbocycles. The molecule has 104 valence electrons. The lowest BCUT2D eigenvalue weighted by Gasteiger charge is -2.14. The summed E-state index contributed by atoms with van der Waals surface area (Å²) in [7, 11) is 0.527. The van der Waals surface area contributed by atoms with Crippen molar-refractivity contribution in [3.63, 3.8) is 0 Å². The van der Waals surface area contributed by atoms with Gasteiger partial charge < -0.3 is 9.84 Å². The summed E-state index contributed by atoms with van der Waals surface area (Å²) in [6.07, 6.45) is 1.44. The molecule has 0 saturated heterocycles. The van der Waals surface area contributed by atoms with E-state index < -0.39 is 10.2 Å². The van der Waals surface area contributed by atoms with Crippen LogP contribution in [0.15, 0.2) is 18.3 Å². The maximum Gasteiger partial charge on any atom is 0.323 e. The molecule has 0 fully saturated rings. The fraction of sp³-hybridized carbons (Fsp3) is 0.364. The van der Waals surface area contributed by atoms with Crippen molar-refractivity contribution in [2.24, 2.45) is 0 Å². The van der Waals surface area contributed by atoms with E-state index in [1.165, 1.54) is 27.4 Å². The normalized spacial score (nSPS) is 12.3. The number of rotatable bonds is 4. The lowest BCUT2D eigenvalue weighted by molar-refractivity contribution is 0.274. The lowest BCUT2D eigenvalue weighted by atomic mass is 10.1. The number of benzene rings is 1. The zero-order chi connectivity index (χ0) is 14.2. The highest BCUT2D eigenvalue weighted by Gasteiger charge is 2.23. The van der Waals surface area contributed by atoms with Gasteiger partial charge >= 0.3 is 10.2 Å². The minimum absolute atomic E-state index is 0.244. The van der Waals surface area contributed by atoms with Crippen molar-refractivity contribution in [2.75, 3.05) is 21.2 Å². The van der Waals surface area contributed by atoms with Gasteiger partial charge in [-0.3, -0.25) is 0 Å². The van der Waals surface area contributed by atoms with E-state index >= 15 is 0 Å². The molecule has 8 heteroatoms. The highest BCUT2D eigenvalue weighted by atomic mass is 32.2. The maximum atomic E-state index is 12.2. The summed E-state index contributed by atoms with van der Waals surface area (Å²) < 4.78 is 31.5. The number of methoxy groups -OCH3 is 1. The summed E-state index contributed by atoms with van der Waals surface area (Å²) in [5, 5.41) is 13.8. The lowest BCUT2D eigenvalue weighted by Crippen LogP contribution is -2.29. The van der Waals surface area contributed by atoms with Crippen LogP contribution in [0.2, 0.25) is 0 Å². The third-order valence-electron chi connectivity index (χ3n) is 2.79. The summed E-state index contributed by atoms with van der Waals surface area (Å²) in [5.41, 5.74) is 0.827. The number of aliphatic hydroxyl groups excluding tert-OH is 1. The van der Waals surface area contributed by atoms with E-state index in [1.54, 1.807) is 12.1 Å². The maximum absolute atomic E-state index is 12.2. The van der Waals surface area contributed by atoms with E-state index in [1.807, 2.05) is 0 Å². The minimum atomic E-state index is -3.74. The average Bonchev–Trinajstić information content (AvgIpc) is 2.81. The van der Waals surface area contributed by atoms with E-state index in [4.69, 9.17) is 4.74 Å². The van der Waals surface area contributed by atoms with Crippen LogP contribution in [0.4, 0.5) is 0 Å². The monoisotopic (exact) mass is 285 g/mol. The molecule has 1 aromatic carbocycles. The Hall–Kier alpha value is -1.64. The summed E-state index contributed by atoms with van der Waals surface area (Å²) in [6.45, 7) is -0.244. The smallest absolute Gasteiger partial charge is 0.323 e. The van der Waals surface area contributed by atoms with Gasteiger partial charge in [-0.1, -0.05) is 12.1 Å². The molecular weight excluding hydrogens is 270 g/mol. The highest BCUT2D eigenvalue weighted by Crippen LogP contribution is 2.30. The zero-order valence-corrected chi connectivity index (χ0v) is 11.7. The van der Waals surface area contributed by atoms with Gasteiger partial charge in [-0.05, 0) is 0 Å². The van der Waals surface area contributed by atoms with Crippen molar-refractivity contribution in [3.8, 4) is 5.75 Å². The average molecular weight is 285 g/mol. The van der Waals surface area contributed by atoms with Crippen LogP contribution in [0.1, 0.15) is 5.56 Å². The number of aromatic nitrogens is 2. The summed E-state index contributed by atoms with van der Waals surface area (Å²) in [5.74, 6) is 0.308. The molecule has 0 aliphatic carbocycles. The SMILES string of the molecule is COc1c(CO)ccc2cnn(S(=O)(=O)N(C)C)c12. The Balaban J connectivity index is 2.85. The minimum Gasteiger partial charge on any atom is -0.494 e. The highest BCUT2D eigenvalue weighted by molar-refractivity contribution is 7.87. The Morgan fingerprint density at radius 1 is 1.42 bits per heavy atom. The van der Waals surface area contributed by atoms with Crippen molar-refractivity contribution in [1.29, 1.82) is 0 Å². The van der Waals surface area contributed by atoms with Gasteiger partial charge in [0, 0.05) is 25.0 Å². The molecule has 2 aromatic rings. The van der Waals surface area contributed by atoms with Crippen LogP contribution < -0.4 is 4.74 Å². The molecule has 1 N–H and O–H groups in total. The number of aliphatic hydroxyl groups is 1. The second-order valence-corrected chi connectivity index (χ2v) is 6.10. The summed E-state index contributed by atoms with van der Waals surface area (Å²) in [6, 6.07) is 3.37. The molecule has 1 aromatic heterocycles. The first-order valence-corrected chi connectivity index (χ1v) is 6.90. The van der Waals surface area contributed by atoms with Crippen molar-refractivity contribution in [2.45, 2.75) is 6.61 Å². The summed E-state index contributed by atoms with van der Waals surface area (Å²) in [4.78, 5) is 0. The van der Waals surface area contributed by atoms with E-state index in [-0.39, 0.29) is 6.61 Å². The Morgan fingerprint density at radius 3 is 2.63 bits per heavy atom. The van der Waals surface area contributed by atoms with Gasteiger partial charge in [-0.15, -0.1) is 4.09 Å². The van der Waals surface area contributed by atoms with E-state index in [0.717, 1.165) is 8.39 Å². The molecule has 0 unspecified atom stereocenters. The van der Waals surface area contributed by atoms with Gasteiger partial charge in [0.1, 0.15) is 5.52 Å². The molecule has 7 nitrogen and oxygen atoms in total. The zero-order valence-electron chi connectivity index (χ0n) is 10.9. The van der Waals surface area contributed by atoms with E-state index in [0.29, 0.717) is 22.2 Å². The van der Waals surface area contributed by atoms with Gasteiger partial charge in [0.25, 0.3) is 0 Å². The topological polar surface area (TPSA) is 84.7 Å². The van der Waals surface area contributed by atoms with Crippen LogP contribution in [0.5, 0.6) is 5.75 Å². The predicted molar refractivity (Wildman–Crippen MR) is 70.2 cm³/mol. The van der Waals surface area contributed by atoms with Crippen LogP contribution in [0.3, 0.4) is 0 Å². The Kier molecular flexibility index (Phi) is 3.48.